The Balaban J connectivity index is 2.59. The summed E-state index contributed by atoms with van der Waals surface area (Å²) in [6, 6.07) is 0. The van der Waals surface area contributed by atoms with Crippen LogP contribution in [0.3, 0.4) is 0 Å². The summed E-state index contributed by atoms with van der Waals surface area (Å²) in [5, 5.41) is 0. The summed E-state index contributed by atoms with van der Waals surface area (Å²) in [5.41, 5.74) is 11.1. The van der Waals surface area contributed by atoms with Gasteiger partial charge in [-0.25, -0.2) is 0 Å². The van der Waals surface area contributed by atoms with E-state index in [0.717, 1.165) is 71.7 Å². The zero-order chi connectivity index (χ0) is 17.1. The molecule has 0 saturated carbocycles. The number of primary amides is 1. The van der Waals surface area contributed by atoms with Crippen LogP contribution in [0, 0.1) is 0 Å². The number of carbonyl (C=O) groups excluding carboxylic acids is 1. The number of carbonyl (C=O) groups is 1. The summed E-state index contributed by atoms with van der Waals surface area (Å²) >= 11 is 0. The average Bonchev–Trinajstić information content (AvgIpc) is 2.49. The van der Waals surface area contributed by atoms with Crippen molar-refractivity contribution in [2.75, 3.05) is 86.1 Å². The Morgan fingerprint density at radius 3 is 1.87 bits per heavy atom. The van der Waals surface area contributed by atoms with Crippen molar-refractivity contribution in [3.05, 3.63) is 0 Å². The smallest absolute Gasteiger partial charge is 0.231 e. The lowest BCUT2D eigenvalue weighted by atomic mass is 10.3. The Hall–Kier alpha value is -0.730. The second kappa shape index (κ2) is 11.8. The topological polar surface area (TPSA) is 82.1 Å². The molecule has 7 heteroatoms. The molecule has 1 fully saturated rings. The SMILES string of the molecule is CN1CCCN(CCN)CCN(CC(N)=O)CCCN(C)CC1. The molecule has 4 N–H and O–H groups in total. The normalized spacial score (nSPS) is 22.7. The summed E-state index contributed by atoms with van der Waals surface area (Å²) < 4.78 is 0. The molecule has 0 aliphatic carbocycles. The molecule has 0 spiro atoms. The molecule has 136 valence electrons. The molecular formula is C16H36N6O. The highest BCUT2D eigenvalue weighted by Crippen LogP contribution is 2.00. The number of hydrogen-bond acceptors (Lipinski definition) is 6. The summed E-state index contributed by atoms with van der Waals surface area (Å²) in [6.45, 7) is 10.1. The molecule has 23 heavy (non-hydrogen) atoms. The number of nitrogens with two attached hydrogens (primary N) is 2. The Kier molecular flexibility index (Phi) is 10.4. The van der Waals surface area contributed by atoms with E-state index in [1.165, 1.54) is 0 Å². The molecule has 1 heterocycles. The van der Waals surface area contributed by atoms with Crippen molar-refractivity contribution in [1.29, 1.82) is 0 Å². The fourth-order valence-electron chi connectivity index (χ4n) is 2.98. The molecule has 0 bridgehead atoms. The van der Waals surface area contributed by atoms with Crippen LogP contribution >= 0.6 is 0 Å². The molecular weight excluding hydrogens is 292 g/mol. The average molecular weight is 329 g/mol. The van der Waals surface area contributed by atoms with Crippen LogP contribution in [-0.4, -0.2) is 112 Å². The molecule has 0 atom stereocenters. The maximum atomic E-state index is 11.3. The molecule has 1 amide bonds. The molecule has 0 unspecified atom stereocenters. The predicted molar refractivity (Wildman–Crippen MR) is 95.4 cm³/mol. The van der Waals surface area contributed by atoms with Crippen LogP contribution in [0.5, 0.6) is 0 Å². The van der Waals surface area contributed by atoms with Gasteiger partial charge in [-0.05, 0) is 53.1 Å². The van der Waals surface area contributed by atoms with Gasteiger partial charge in [0.05, 0.1) is 6.54 Å². The van der Waals surface area contributed by atoms with Gasteiger partial charge in [-0.3, -0.25) is 9.69 Å². The van der Waals surface area contributed by atoms with Crippen molar-refractivity contribution in [2.45, 2.75) is 12.8 Å². The van der Waals surface area contributed by atoms with Crippen molar-refractivity contribution >= 4 is 5.91 Å². The Labute approximate surface area is 141 Å². The first-order valence-corrected chi connectivity index (χ1v) is 8.81. The van der Waals surface area contributed by atoms with Gasteiger partial charge in [-0.1, -0.05) is 0 Å². The van der Waals surface area contributed by atoms with E-state index in [2.05, 4.69) is 33.7 Å². The molecule has 1 saturated heterocycles. The van der Waals surface area contributed by atoms with E-state index in [1.807, 2.05) is 0 Å². The van der Waals surface area contributed by atoms with Crippen LogP contribution in [-0.2, 0) is 4.79 Å². The highest BCUT2D eigenvalue weighted by atomic mass is 16.1. The minimum atomic E-state index is -0.244. The first kappa shape index (κ1) is 20.3. The number of likely N-dealkylation sites (N-methyl/N-ethyl adjacent to an activating group) is 2. The van der Waals surface area contributed by atoms with Crippen LogP contribution in [0.25, 0.3) is 0 Å². The van der Waals surface area contributed by atoms with Crippen LogP contribution < -0.4 is 11.5 Å². The van der Waals surface area contributed by atoms with Crippen LogP contribution in [0.2, 0.25) is 0 Å². The van der Waals surface area contributed by atoms with Gasteiger partial charge < -0.3 is 26.2 Å². The minimum absolute atomic E-state index is 0.244. The molecule has 0 aromatic carbocycles. The van der Waals surface area contributed by atoms with Crippen LogP contribution in [0.4, 0.5) is 0 Å². The van der Waals surface area contributed by atoms with E-state index in [9.17, 15) is 4.79 Å². The zero-order valence-corrected chi connectivity index (χ0v) is 15.0. The Bertz CT molecular complexity index is 328. The molecule has 1 aliphatic rings. The highest BCUT2D eigenvalue weighted by molar-refractivity contribution is 5.75. The van der Waals surface area contributed by atoms with E-state index in [1.54, 1.807) is 0 Å². The predicted octanol–water partition coefficient (Wildman–Crippen LogP) is -1.31. The molecule has 0 radical (unpaired) electrons. The van der Waals surface area contributed by atoms with Crippen molar-refractivity contribution in [2.24, 2.45) is 11.5 Å². The van der Waals surface area contributed by atoms with Crippen LogP contribution in [0.15, 0.2) is 0 Å². The van der Waals surface area contributed by atoms with E-state index in [0.29, 0.717) is 13.1 Å². The second-order valence-electron chi connectivity index (χ2n) is 6.69. The monoisotopic (exact) mass is 328 g/mol. The Morgan fingerprint density at radius 2 is 1.35 bits per heavy atom. The van der Waals surface area contributed by atoms with Gasteiger partial charge in [0.1, 0.15) is 0 Å². The molecule has 0 aromatic rings. The van der Waals surface area contributed by atoms with Gasteiger partial charge in [-0.2, -0.15) is 0 Å². The first-order chi connectivity index (χ1) is 11.0. The third kappa shape index (κ3) is 9.88. The van der Waals surface area contributed by atoms with Crippen LogP contribution in [0.1, 0.15) is 12.8 Å². The zero-order valence-electron chi connectivity index (χ0n) is 15.0. The van der Waals surface area contributed by atoms with E-state index < -0.39 is 0 Å². The fraction of sp³-hybridized carbons (Fsp3) is 0.938. The second-order valence-corrected chi connectivity index (χ2v) is 6.69. The Morgan fingerprint density at radius 1 is 0.826 bits per heavy atom. The third-order valence-corrected chi connectivity index (χ3v) is 4.45. The van der Waals surface area contributed by atoms with Gasteiger partial charge in [-0.15, -0.1) is 0 Å². The maximum Gasteiger partial charge on any atom is 0.231 e. The van der Waals surface area contributed by atoms with Crippen molar-refractivity contribution in [1.82, 2.24) is 19.6 Å². The number of nitrogens with zero attached hydrogens (tertiary/aromatic N) is 4. The van der Waals surface area contributed by atoms with E-state index >= 15 is 0 Å². The fourth-order valence-corrected chi connectivity index (χ4v) is 2.98. The van der Waals surface area contributed by atoms with Crippen molar-refractivity contribution in [3.8, 4) is 0 Å². The minimum Gasteiger partial charge on any atom is -0.369 e. The molecule has 0 aromatic heterocycles. The summed E-state index contributed by atoms with van der Waals surface area (Å²) in [6.07, 6.45) is 2.21. The number of hydrogen-bond donors (Lipinski definition) is 2. The standard InChI is InChI=1S/C16H36N6O/c1-19-6-3-8-21(10-5-17)13-14-22(15-16(18)23)9-4-7-20(2)12-11-19/h3-15,17H2,1-2H3,(H2,18,23). The number of amides is 1. The lowest BCUT2D eigenvalue weighted by Crippen LogP contribution is -2.43. The largest absolute Gasteiger partial charge is 0.369 e. The summed E-state index contributed by atoms with van der Waals surface area (Å²) in [4.78, 5) is 20.6. The van der Waals surface area contributed by atoms with E-state index in [4.69, 9.17) is 11.5 Å². The third-order valence-electron chi connectivity index (χ3n) is 4.45. The summed E-state index contributed by atoms with van der Waals surface area (Å²) in [5.74, 6) is -0.244. The van der Waals surface area contributed by atoms with Crippen molar-refractivity contribution < 1.29 is 4.79 Å². The quantitative estimate of drug-likeness (QED) is 0.667. The van der Waals surface area contributed by atoms with E-state index in [-0.39, 0.29) is 5.91 Å². The van der Waals surface area contributed by atoms with Gasteiger partial charge in [0.25, 0.3) is 0 Å². The van der Waals surface area contributed by atoms with Gasteiger partial charge in [0.2, 0.25) is 5.91 Å². The maximum absolute atomic E-state index is 11.3. The number of rotatable bonds is 4. The van der Waals surface area contributed by atoms with Crippen molar-refractivity contribution in [3.63, 3.8) is 0 Å². The first-order valence-electron chi connectivity index (χ1n) is 8.81. The highest BCUT2D eigenvalue weighted by Gasteiger charge is 2.13. The van der Waals surface area contributed by atoms with Gasteiger partial charge in [0.15, 0.2) is 0 Å². The van der Waals surface area contributed by atoms with Gasteiger partial charge in [0, 0.05) is 39.3 Å². The molecule has 1 rings (SSSR count). The lowest BCUT2D eigenvalue weighted by Gasteiger charge is -2.29. The van der Waals surface area contributed by atoms with Gasteiger partial charge >= 0.3 is 0 Å². The molecule has 7 nitrogen and oxygen atoms in total. The molecule has 1 aliphatic heterocycles. The summed E-state index contributed by atoms with van der Waals surface area (Å²) in [7, 11) is 4.36. The lowest BCUT2D eigenvalue weighted by molar-refractivity contribution is -0.119.